The minimum Gasteiger partial charge on any atom is -0.493 e. The highest BCUT2D eigenvalue weighted by atomic mass is 16.5. The van der Waals surface area contributed by atoms with E-state index in [0.717, 1.165) is 5.56 Å². The van der Waals surface area contributed by atoms with E-state index in [1.54, 1.807) is 26.0 Å². The summed E-state index contributed by atoms with van der Waals surface area (Å²) in [5.41, 5.74) is 5.85. The average Bonchev–Trinajstić information content (AvgIpc) is 2.90. The molecule has 0 atom stereocenters. The Kier molecular flexibility index (Phi) is 5.78. The predicted molar refractivity (Wildman–Crippen MR) is 90.4 cm³/mol. The molecule has 0 unspecified atom stereocenters. The van der Waals surface area contributed by atoms with Crippen LogP contribution in [0.15, 0.2) is 40.8 Å². The van der Waals surface area contributed by atoms with Crippen molar-refractivity contribution in [2.45, 2.75) is 20.8 Å². The summed E-state index contributed by atoms with van der Waals surface area (Å²) < 4.78 is 10.8. The van der Waals surface area contributed by atoms with E-state index >= 15 is 0 Å². The highest BCUT2D eigenvalue weighted by Crippen LogP contribution is 2.19. The largest absolute Gasteiger partial charge is 0.493 e. The van der Waals surface area contributed by atoms with Gasteiger partial charge in [-0.25, -0.2) is 0 Å². The van der Waals surface area contributed by atoms with E-state index in [1.807, 2.05) is 31.2 Å². The highest BCUT2D eigenvalue weighted by Gasteiger charge is 2.13. The summed E-state index contributed by atoms with van der Waals surface area (Å²) in [7, 11) is 0. The van der Waals surface area contributed by atoms with Crippen molar-refractivity contribution in [2.24, 2.45) is 0 Å². The normalized spacial score (nSPS) is 10.6. The van der Waals surface area contributed by atoms with Gasteiger partial charge in [0.25, 0.3) is 11.8 Å². The Labute approximate surface area is 140 Å². The SMILES string of the molecule is CCOc1ccccc1/C=C/C(=O)NNC(=O)c1cc(C)oc1C. The maximum Gasteiger partial charge on any atom is 0.273 e. The maximum atomic E-state index is 12.0. The molecule has 0 aliphatic rings. The minimum absolute atomic E-state index is 0.387. The Hall–Kier alpha value is -3.02. The number of para-hydroxylation sites is 1. The number of hydrazine groups is 1. The second-order valence-electron chi connectivity index (χ2n) is 5.07. The monoisotopic (exact) mass is 328 g/mol. The second-order valence-corrected chi connectivity index (χ2v) is 5.07. The van der Waals surface area contributed by atoms with Crippen molar-refractivity contribution in [2.75, 3.05) is 6.61 Å². The summed E-state index contributed by atoms with van der Waals surface area (Å²) in [5, 5.41) is 0. The molecule has 0 saturated heterocycles. The second kappa shape index (κ2) is 8.01. The molecule has 6 nitrogen and oxygen atoms in total. The third-order valence-corrected chi connectivity index (χ3v) is 3.22. The Balaban J connectivity index is 1.94. The van der Waals surface area contributed by atoms with Crippen LogP contribution in [0.4, 0.5) is 0 Å². The molecule has 0 aliphatic heterocycles. The quantitative estimate of drug-likeness (QED) is 0.653. The molecule has 24 heavy (non-hydrogen) atoms. The van der Waals surface area contributed by atoms with Gasteiger partial charge in [-0.15, -0.1) is 0 Å². The third kappa shape index (κ3) is 4.49. The number of furan rings is 1. The van der Waals surface area contributed by atoms with E-state index < -0.39 is 11.8 Å². The van der Waals surface area contributed by atoms with E-state index in [2.05, 4.69) is 10.9 Å². The molecule has 2 N–H and O–H groups in total. The van der Waals surface area contributed by atoms with Gasteiger partial charge in [-0.2, -0.15) is 0 Å². The molecule has 1 heterocycles. The first-order valence-corrected chi connectivity index (χ1v) is 7.58. The van der Waals surface area contributed by atoms with Crippen LogP contribution in [0, 0.1) is 13.8 Å². The lowest BCUT2D eigenvalue weighted by Crippen LogP contribution is -2.40. The van der Waals surface area contributed by atoms with Crippen LogP contribution in [0.2, 0.25) is 0 Å². The summed E-state index contributed by atoms with van der Waals surface area (Å²) in [6.45, 7) is 5.87. The molecule has 2 aromatic rings. The minimum atomic E-state index is -0.451. The molecule has 0 radical (unpaired) electrons. The number of nitrogens with one attached hydrogen (secondary N) is 2. The lowest BCUT2D eigenvalue weighted by molar-refractivity contribution is -0.117. The van der Waals surface area contributed by atoms with Gasteiger partial charge in [0.15, 0.2) is 0 Å². The van der Waals surface area contributed by atoms with Gasteiger partial charge >= 0.3 is 0 Å². The fraction of sp³-hybridized carbons (Fsp3) is 0.222. The Bertz CT molecular complexity index is 762. The first-order chi connectivity index (χ1) is 11.5. The zero-order chi connectivity index (χ0) is 17.5. The van der Waals surface area contributed by atoms with Crippen molar-refractivity contribution in [3.05, 3.63) is 59.1 Å². The average molecular weight is 328 g/mol. The fourth-order valence-corrected chi connectivity index (χ4v) is 2.15. The fourth-order valence-electron chi connectivity index (χ4n) is 2.15. The number of carbonyl (C=O) groups excluding carboxylic acids is 2. The summed E-state index contributed by atoms with van der Waals surface area (Å²) in [6.07, 6.45) is 2.95. The van der Waals surface area contributed by atoms with Crippen molar-refractivity contribution in [1.82, 2.24) is 10.9 Å². The van der Waals surface area contributed by atoms with E-state index in [0.29, 0.717) is 29.4 Å². The molecule has 6 heteroatoms. The summed E-state index contributed by atoms with van der Waals surface area (Å²) in [6, 6.07) is 8.99. The lowest BCUT2D eigenvalue weighted by Gasteiger charge is -2.06. The Morgan fingerprint density at radius 2 is 1.96 bits per heavy atom. The lowest BCUT2D eigenvalue weighted by atomic mass is 10.2. The van der Waals surface area contributed by atoms with Gasteiger partial charge in [0.1, 0.15) is 17.3 Å². The maximum absolute atomic E-state index is 12.0. The molecule has 1 aromatic carbocycles. The number of benzene rings is 1. The van der Waals surface area contributed by atoms with Crippen LogP contribution < -0.4 is 15.6 Å². The van der Waals surface area contributed by atoms with Crippen molar-refractivity contribution < 1.29 is 18.7 Å². The van der Waals surface area contributed by atoms with Gasteiger partial charge in [0.05, 0.1) is 12.2 Å². The molecule has 0 saturated carbocycles. The standard InChI is InChI=1S/C18H20N2O4/c1-4-23-16-8-6-5-7-14(16)9-10-17(21)19-20-18(22)15-11-12(2)24-13(15)3/h5-11H,4H2,1-3H3,(H,19,21)(H,20,22)/b10-9+. The molecule has 2 amide bonds. The van der Waals surface area contributed by atoms with Gasteiger partial charge in [0.2, 0.25) is 0 Å². The van der Waals surface area contributed by atoms with E-state index in [-0.39, 0.29) is 0 Å². The Morgan fingerprint density at radius 1 is 1.21 bits per heavy atom. The number of hydrogen-bond acceptors (Lipinski definition) is 4. The molecule has 0 fully saturated rings. The third-order valence-electron chi connectivity index (χ3n) is 3.22. The molecule has 0 bridgehead atoms. The summed E-state index contributed by atoms with van der Waals surface area (Å²) >= 11 is 0. The summed E-state index contributed by atoms with van der Waals surface area (Å²) in [5.74, 6) is 0.947. The van der Waals surface area contributed by atoms with Crippen molar-refractivity contribution in [3.8, 4) is 5.75 Å². The summed E-state index contributed by atoms with van der Waals surface area (Å²) in [4.78, 5) is 23.8. The number of hydrogen-bond donors (Lipinski definition) is 2. The number of amides is 2. The van der Waals surface area contributed by atoms with E-state index in [1.165, 1.54) is 6.08 Å². The molecule has 126 valence electrons. The predicted octanol–water partition coefficient (Wildman–Crippen LogP) is 2.77. The van der Waals surface area contributed by atoms with Crippen LogP contribution in [0.1, 0.15) is 34.4 Å². The van der Waals surface area contributed by atoms with E-state index in [4.69, 9.17) is 9.15 Å². The molecule has 2 rings (SSSR count). The van der Waals surface area contributed by atoms with Gasteiger partial charge in [-0.1, -0.05) is 18.2 Å². The van der Waals surface area contributed by atoms with Crippen LogP contribution >= 0.6 is 0 Å². The number of aryl methyl sites for hydroxylation is 2. The zero-order valence-corrected chi connectivity index (χ0v) is 13.9. The Morgan fingerprint density at radius 3 is 2.62 bits per heavy atom. The van der Waals surface area contributed by atoms with Gasteiger partial charge in [-0.05, 0) is 39.0 Å². The molecule has 0 spiro atoms. The smallest absolute Gasteiger partial charge is 0.273 e. The zero-order valence-electron chi connectivity index (χ0n) is 13.9. The van der Waals surface area contributed by atoms with Gasteiger partial charge in [0, 0.05) is 11.6 Å². The molecule has 0 aliphatic carbocycles. The molecular weight excluding hydrogens is 308 g/mol. The van der Waals surface area contributed by atoms with Gasteiger partial charge < -0.3 is 9.15 Å². The van der Waals surface area contributed by atoms with Gasteiger partial charge in [-0.3, -0.25) is 20.4 Å². The number of carbonyl (C=O) groups is 2. The van der Waals surface area contributed by atoms with Crippen LogP contribution in [0.5, 0.6) is 5.75 Å². The number of rotatable bonds is 5. The topological polar surface area (TPSA) is 80.6 Å². The first-order valence-electron chi connectivity index (χ1n) is 7.58. The van der Waals surface area contributed by atoms with Crippen LogP contribution in [0.25, 0.3) is 6.08 Å². The molecule has 1 aromatic heterocycles. The van der Waals surface area contributed by atoms with Crippen LogP contribution in [0.3, 0.4) is 0 Å². The number of ether oxygens (including phenoxy) is 1. The molecular formula is C18H20N2O4. The van der Waals surface area contributed by atoms with Crippen LogP contribution in [-0.4, -0.2) is 18.4 Å². The van der Waals surface area contributed by atoms with Crippen LogP contribution in [-0.2, 0) is 4.79 Å². The van der Waals surface area contributed by atoms with Crippen molar-refractivity contribution in [1.29, 1.82) is 0 Å². The highest BCUT2D eigenvalue weighted by molar-refractivity contribution is 5.98. The first kappa shape index (κ1) is 17.3. The van der Waals surface area contributed by atoms with Crippen molar-refractivity contribution in [3.63, 3.8) is 0 Å². The van der Waals surface area contributed by atoms with Crippen molar-refractivity contribution >= 4 is 17.9 Å². The van der Waals surface area contributed by atoms with E-state index in [9.17, 15) is 9.59 Å².